The first kappa shape index (κ1) is 16.5. The number of likely N-dealkylation sites (tertiary alicyclic amines) is 1. The molecule has 1 saturated heterocycles. The predicted octanol–water partition coefficient (Wildman–Crippen LogP) is 3.17. The van der Waals surface area contributed by atoms with E-state index in [1.807, 2.05) is 6.92 Å². The molecule has 1 aliphatic heterocycles. The number of hydrogen-bond donors (Lipinski definition) is 1. The molecule has 0 aromatic carbocycles. The molecule has 3 heteroatoms. The van der Waals surface area contributed by atoms with Crippen LogP contribution in [0.25, 0.3) is 0 Å². The van der Waals surface area contributed by atoms with E-state index in [1.165, 1.54) is 38.8 Å². The highest BCUT2D eigenvalue weighted by Crippen LogP contribution is 2.24. The maximum Gasteiger partial charge on any atom is 0.105 e. The first-order valence-corrected chi connectivity index (χ1v) is 7.95. The van der Waals surface area contributed by atoms with Gasteiger partial charge in [0.05, 0.1) is 6.07 Å². The molecule has 1 N–H and O–H groups in total. The summed E-state index contributed by atoms with van der Waals surface area (Å²) in [4.78, 5) is 2.59. The summed E-state index contributed by atoms with van der Waals surface area (Å²) in [6, 6.07) is 2.93. The maximum atomic E-state index is 9.37. The average Bonchev–Trinajstić information content (AvgIpc) is 2.64. The summed E-state index contributed by atoms with van der Waals surface area (Å²) < 4.78 is 0. The van der Waals surface area contributed by atoms with E-state index in [0.29, 0.717) is 6.04 Å². The predicted molar refractivity (Wildman–Crippen MR) is 81.0 cm³/mol. The van der Waals surface area contributed by atoms with Crippen molar-refractivity contribution in [2.24, 2.45) is 5.92 Å². The van der Waals surface area contributed by atoms with Crippen LogP contribution in [0.15, 0.2) is 0 Å². The van der Waals surface area contributed by atoms with E-state index in [0.717, 1.165) is 18.9 Å². The lowest BCUT2D eigenvalue weighted by Crippen LogP contribution is -2.47. The van der Waals surface area contributed by atoms with Gasteiger partial charge in [0.1, 0.15) is 5.54 Å². The molecule has 0 saturated carbocycles. The zero-order valence-electron chi connectivity index (χ0n) is 13.2. The van der Waals surface area contributed by atoms with E-state index in [4.69, 9.17) is 0 Å². The van der Waals surface area contributed by atoms with Crippen LogP contribution in [0.1, 0.15) is 59.8 Å². The zero-order chi connectivity index (χ0) is 14.3. The van der Waals surface area contributed by atoms with Crippen LogP contribution in [-0.2, 0) is 0 Å². The number of rotatable bonds is 6. The molecule has 1 heterocycles. The van der Waals surface area contributed by atoms with Crippen molar-refractivity contribution in [2.75, 3.05) is 19.6 Å². The molecule has 0 bridgehead atoms. The van der Waals surface area contributed by atoms with Crippen molar-refractivity contribution >= 4 is 0 Å². The summed E-state index contributed by atoms with van der Waals surface area (Å²) in [6.45, 7) is 11.9. The normalized spacial score (nSPS) is 26.2. The Balaban J connectivity index is 2.53. The molecule has 3 nitrogen and oxygen atoms in total. The van der Waals surface area contributed by atoms with Gasteiger partial charge in [-0.2, -0.15) is 5.26 Å². The van der Waals surface area contributed by atoms with E-state index in [9.17, 15) is 5.26 Å². The van der Waals surface area contributed by atoms with Crippen molar-refractivity contribution in [3.05, 3.63) is 0 Å². The number of nitrogens with zero attached hydrogens (tertiary/aromatic N) is 2. The van der Waals surface area contributed by atoms with Gasteiger partial charge in [-0.05, 0) is 65.1 Å². The molecule has 1 fully saturated rings. The lowest BCUT2D eigenvalue weighted by molar-refractivity contribution is 0.180. The van der Waals surface area contributed by atoms with Gasteiger partial charge in [0.25, 0.3) is 0 Å². The molecule has 3 unspecified atom stereocenters. The van der Waals surface area contributed by atoms with Crippen molar-refractivity contribution < 1.29 is 0 Å². The Morgan fingerprint density at radius 1 is 1.37 bits per heavy atom. The highest BCUT2D eigenvalue weighted by atomic mass is 15.2. The molecule has 0 spiro atoms. The summed E-state index contributed by atoms with van der Waals surface area (Å²) >= 11 is 0. The minimum Gasteiger partial charge on any atom is -0.301 e. The molecule has 0 radical (unpaired) electrons. The number of nitriles is 1. The summed E-state index contributed by atoms with van der Waals surface area (Å²) in [5, 5.41) is 12.7. The van der Waals surface area contributed by atoms with Gasteiger partial charge in [-0.15, -0.1) is 0 Å². The van der Waals surface area contributed by atoms with Gasteiger partial charge in [-0.3, -0.25) is 5.32 Å². The van der Waals surface area contributed by atoms with E-state index in [-0.39, 0.29) is 5.54 Å². The Morgan fingerprint density at radius 3 is 2.68 bits per heavy atom. The smallest absolute Gasteiger partial charge is 0.105 e. The molecule has 1 rings (SSSR count). The Labute approximate surface area is 119 Å². The van der Waals surface area contributed by atoms with Crippen LogP contribution in [0, 0.1) is 17.2 Å². The molecule has 110 valence electrons. The van der Waals surface area contributed by atoms with Gasteiger partial charge in [0, 0.05) is 6.04 Å². The quantitative estimate of drug-likeness (QED) is 0.802. The third-order valence-corrected chi connectivity index (χ3v) is 4.60. The maximum absolute atomic E-state index is 9.37. The fourth-order valence-corrected chi connectivity index (χ4v) is 3.30. The number of hydrogen-bond acceptors (Lipinski definition) is 3. The first-order valence-electron chi connectivity index (χ1n) is 7.95. The van der Waals surface area contributed by atoms with Crippen molar-refractivity contribution in [2.45, 2.75) is 71.4 Å². The summed E-state index contributed by atoms with van der Waals surface area (Å²) in [6.07, 6.45) is 6.24. The molecule has 0 aromatic heterocycles. The number of nitrogens with one attached hydrogen (secondary N) is 1. The molecular weight excluding hydrogens is 234 g/mol. The third kappa shape index (κ3) is 5.12. The van der Waals surface area contributed by atoms with Crippen LogP contribution in [-0.4, -0.2) is 36.1 Å². The minimum absolute atomic E-state index is 0.384. The lowest BCUT2D eigenvalue weighted by Gasteiger charge is -2.33. The van der Waals surface area contributed by atoms with Crippen molar-refractivity contribution in [1.29, 1.82) is 5.26 Å². The van der Waals surface area contributed by atoms with Crippen LogP contribution in [0.4, 0.5) is 0 Å². The Bertz CT molecular complexity index is 297. The molecule has 0 aromatic rings. The summed E-state index contributed by atoms with van der Waals surface area (Å²) in [5.74, 6) is 0.910. The standard InChI is InChI=1S/C16H31N3/c1-5-15-8-7-10-19(11-9-15)14(3)12-16(4,13-17)18-6-2/h14-15,18H,5-12H2,1-4H3. The SMILES string of the molecule is CCNC(C)(C#N)CC(C)N1CCCC(CC)CC1. The second-order valence-electron chi connectivity index (χ2n) is 6.27. The van der Waals surface area contributed by atoms with E-state index < -0.39 is 0 Å². The van der Waals surface area contributed by atoms with Gasteiger partial charge < -0.3 is 4.90 Å². The second kappa shape index (κ2) is 7.87. The van der Waals surface area contributed by atoms with Crippen molar-refractivity contribution in [3.8, 4) is 6.07 Å². The van der Waals surface area contributed by atoms with Crippen LogP contribution < -0.4 is 5.32 Å². The fraction of sp³-hybridized carbons (Fsp3) is 0.938. The monoisotopic (exact) mass is 265 g/mol. The molecular formula is C16H31N3. The van der Waals surface area contributed by atoms with Gasteiger partial charge >= 0.3 is 0 Å². The Hall–Kier alpha value is -0.590. The lowest BCUT2D eigenvalue weighted by atomic mass is 9.94. The van der Waals surface area contributed by atoms with Crippen LogP contribution in [0.2, 0.25) is 0 Å². The minimum atomic E-state index is -0.384. The highest BCUT2D eigenvalue weighted by molar-refractivity contribution is 5.05. The third-order valence-electron chi connectivity index (χ3n) is 4.60. The fourth-order valence-electron chi connectivity index (χ4n) is 3.30. The van der Waals surface area contributed by atoms with Crippen LogP contribution >= 0.6 is 0 Å². The van der Waals surface area contributed by atoms with Gasteiger partial charge in [-0.25, -0.2) is 0 Å². The highest BCUT2D eigenvalue weighted by Gasteiger charge is 2.28. The van der Waals surface area contributed by atoms with Crippen molar-refractivity contribution in [1.82, 2.24) is 10.2 Å². The summed E-state index contributed by atoms with van der Waals surface area (Å²) in [5.41, 5.74) is -0.384. The summed E-state index contributed by atoms with van der Waals surface area (Å²) in [7, 11) is 0. The van der Waals surface area contributed by atoms with Crippen LogP contribution in [0.5, 0.6) is 0 Å². The molecule has 3 atom stereocenters. The molecule has 0 amide bonds. The largest absolute Gasteiger partial charge is 0.301 e. The Morgan fingerprint density at radius 2 is 2.11 bits per heavy atom. The zero-order valence-corrected chi connectivity index (χ0v) is 13.2. The first-order chi connectivity index (χ1) is 9.04. The van der Waals surface area contributed by atoms with E-state index in [2.05, 4.69) is 37.1 Å². The molecule has 1 aliphatic rings. The molecule has 0 aliphatic carbocycles. The van der Waals surface area contributed by atoms with Gasteiger partial charge in [0.2, 0.25) is 0 Å². The van der Waals surface area contributed by atoms with Crippen molar-refractivity contribution in [3.63, 3.8) is 0 Å². The average molecular weight is 265 g/mol. The van der Waals surface area contributed by atoms with Crippen LogP contribution in [0.3, 0.4) is 0 Å². The second-order valence-corrected chi connectivity index (χ2v) is 6.27. The van der Waals surface area contributed by atoms with E-state index >= 15 is 0 Å². The van der Waals surface area contributed by atoms with Gasteiger partial charge in [-0.1, -0.05) is 20.3 Å². The molecule has 19 heavy (non-hydrogen) atoms. The van der Waals surface area contributed by atoms with Gasteiger partial charge in [0.15, 0.2) is 0 Å². The van der Waals surface area contributed by atoms with E-state index in [1.54, 1.807) is 0 Å². The topological polar surface area (TPSA) is 39.1 Å². The Kier molecular flexibility index (Phi) is 6.82.